The van der Waals surface area contributed by atoms with Gasteiger partial charge in [0.05, 0.1) is 12.7 Å². The number of amides is 4. The van der Waals surface area contributed by atoms with Crippen LogP contribution in [0.2, 0.25) is 0 Å². The summed E-state index contributed by atoms with van der Waals surface area (Å²) in [6, 6.07) is 4.86. The second-order valence-corrected chi connectivity index (χ2v) is 9.25. The number of carbonyl (C=O) groups excluding carboxylic acids is 4. The number of methoxy groups -OCH3 is 1. The minimum absolute atomic E-state index is 0.0460. The van der Waals surface area contributed by atoms with Crippen LogP contribution in [0.15, 0.2) is 24.3 Å². The summed E-state index contributed by atoms with van der Waals surface area (Å²) in [5, 5.41) is 11.0. The number of ether oxygens (including phenoxy) is 1. The van der Waals surface area contributed by atoms with Gasteiger partial charge in [0.15, 0.2) is 0 Å². The molecule has 0 heterocycles. The molecule has 0 aliphatic heterocycles. The third kappa shape index (κ3) is 14.9. The third-order valence-corrected chi connectivity index (χ3v) is 6.02. The molecule has 4 amide bonds. The number of esters is 1. The van der Waals surface area contributed by atoms with Gasteiger partial charge in [0.25, 0.3) is 0 Å². The average molecular weight is 519 g/mol. The lowest BCUT2D eigenvalue weighted by atomic mass is 10.1. The van der Waals surface area contributed by atoms with Crippen molar-refractivity contribution in [2.75, 3.05) is 25.5 Å². The van der Waals surface area contributed by atoms with Gasteiger partial charge in [-0.15, -0.1) is 0 Å². The molecule has 0 radical (unpaired) electrons. The fourth-order valence-electron chi connectivity index (χ4n) is 3.78. The molecule has 0 aliphatic rings. The van der Waals surface area contributed by atoms with Crippen molar-refractivity contribution in [3.8, 4) is 0 Å². The number of urea groups is 1. The van der Waals surface area contributed by atoms with E-state index in [4.69, 9.17) is 0 Å². The van der Waals surface area contributed by atoms with Gasteiger partial charge in [-0.3, -0.25) is 9.59 Å². The summed E-state index contributed by atoms with van der Waals surface area (Å²) in [7, 11) is 1.30. The van der Waals surface area contributed by atoms with Crippen molar-refractivity contribution < 1.29 is 23.9 Å². The number of hydrogen-bond donors (Lipinski definition) is 4. The van der Waals surface area contributed by atoms with Crippen molar-refractivity contribution in [2.24, 2.45) is 0 Å². The van der Waals surface area contributed by atoms with E-state index in [2.05, 4.69) is 39.9 Å². The molecule has 0 aliphatic carbocycles. The summed E-state index contributed by atoms with van der Waals surface area (Å²) in [5.41, 5.74) is 0.845. The van der Waals surface area contributed by atoms with E-state index >= 15 is 0 Å². The van der Waals surface area contributed by atoms with Crippen molar-refractivity contribution in [1.82, 2.24) is 16.0 Å². The van der Waals surface area contributed by atoms with Crippen LogP contribution >= 0.6 is 0 Å². The maximum atomic E-state index is 12.7. The lowest BCUT2D eigenvalue weighted by molar-refractivity contribution is -0.128. The second-order valence-electron chi connectivity index (χ2n) is 9.25. The SMILES string of the molecule is CCCCCCCCCC(=O)N[C@@H](CNC(=O)Nc1ccc(C(=O)OC)cc1)C(=O)NCCCCCC. The minimum atomic E-state index is -0.865. The normalized spacial score (nSPS) is 11.3. The molecule has 1 rings (SSSR count). The van der Waals surface area contributed by atoms with Gasteiger partial charge >= 0.3 is 12.0 Å². The van der Waals surface area contributed by atoms with E-state index in [1.54, 1.807) is 24.3 Å². The van der Waals surface area contributed by atoms with Crippen molar-refractivity contribution in [3.63, 3.8) is 0 Å². The summed E-state index contributed by atoms with van der Waals surface area (Å²) in [5.74, 6) is -0.973. The van der Waals surface area contributed by atoms with Crippen LogP contribution in [-0.2, 0) is 14.3 Å². The first-order valence-electron chi connectivity index (χ1n) is 13.7. The molecule has 1 aromatic rings. The van der Waals surface area contributed by atoms with Crippen LogP contribution < -0.4 is 21.3 Å². The minimum Gasteiger partial charge on any atom is -0.465 e. The molecule has 37 heavy (non-hydrogen) atoms. The number of anilines is 1. The summed E-state index contributed by atoms with van der Waals surface area (Å²) in [6.07, 6.45) is 12.2. The Morgan fingerprint density at radius 2 is 1.38 bits per heavy atom. The van der Waals surface area contributed by atoms with Crippen molar-refractivity contribution in [3.05, 3.63) is 29.8 Å². The molecule has 0 fully saturated rings. The largest absolute Gasteiger partial charge is 0.465 e. The monoisotopic (exact) mass is 518 g/mol. The van der Waals surface area contributed by atoms with Crippen LogP contribution in [0.5, 0.6) is 0 Å². The predicted molar refractivity (Wildman–Crippen MR) is 146 cm³/mol. The molecule has 0 saturated heterocycles. The quantitative estimate of drug-likeness (QED) is 0.153. The molecule has 208 valence electrons. The van der Waals surface area contributed by atoms with Gasteiger partial charge in [0.2, 0.25) is 11.8 Å². The molecule has 4 N–H and O–H groups in total. The predicted octanol–water partition coefficient (Wildman–Crippen LogP) is 4.92. The van der Waals surface area contributed by atoms with Gasteiger partial charge < -0.3 is 26.0 Å². The zero-order valence-electron chi connectivity index (χ0n) is 22.8. The van der Waals surface area contributed by atoms with E-state index in [0.29, 0.717) is 24.2 Å². The molecule has 9 heteroatoms. The van der Waals surface area contributed by atoms with Crippen LogP contribution in [0.3, 0.4) is 0 Å². The number of nitrogens with one attached hydrogen (secondary N) is 4. The summed E-state index contributed by atoms with van der Waals surface area (Å²) >= 11 is 0. The van der Waals surface area contributed by atoms with Gasteiger partial charge in [0.1, 0.15) is 6.04 Å². The van der Waals surface area contributed by atoms with E-state index in [0.717, 1.165) is 44.9 Å². The smallest absolute Gasteiger partial charge is 0.337 e. The lowest BCUT2D eigenvalue weighted by Gasteiger charge is -2.19. The molecule has 0 saturated carbocycles. The van der Waals surface area contributed by atoms with Crippen molar-refractivity contribution >= 4 is 29.5 Å². The van der Waals surface area contributed by atoms with Crippen LogP contribution in [0, 0.1) is 0 Å². The second kappa shape index (κ2) is 20.0. The zero-order valence-corrected chi connectivity index (χ0v) is 22.8. The van der Waals surface area contributed by atoms with Crippen LogP contribution in [0.25, 0.3) is 0 Å². The first-order chi connectivity index (χ1) is 17.9. The average Bonchev–Trinajstić information content (AvgIpc) is 2.90. The van der Waals surface area contributed by atoms with Gasteiger partial charge in [0, 0.05) is 25.2 Å². The van der Waals surface area contributed by atoms with Crippen LogP contribution in [0.1, 0.15) is 101 Å². The first kappa shape index (κ1) is 31.9. The Morgan fingerprint density at radius 1 is 0.784 bits per heavy atom. The van der Waals surface area contributed by atoms with Gasteiger partial charge in [-0.2, -0.15) is 0 Å². The van der Waals surface area contributed by atoms with E-state index in [9.17, 15) is 19.2 Å². The fourth-order valence-corrected chi connectivity index (χ4v) is 3.78. The molecule has 1 aromatic carbocycles. The summed E-state index contributed by atoms with van der Waals surface area (Å²) in [6.45, 7) is 4.79. The van der Waals surface area contributed by atoms with Gasteiger partial charge in [-0.25, -0.2) is 9.59 Å². The highest BCUT2D eigenvalue weighted by atomic mass is 16.5. The number of rotatable bonds is 19. The Labute approximate surface area is 221 Å². The van der Waals surface area contributed by atoms with Crippen molar-refractivity contribution in [1.29, 1.82) is 0 Å². The maximum absolute atomic E-state index is 12.7. The Morgan fingerprint density at radius 3 is 2.00 bits per heavy atom. The third-order valence-electron chi connectivity index (χ3n) is 6.02. The molecule has 0 spiro atoms. The van der Waals surface area contributed by atoms with E-state index in [1.165, 1.54) is 32.8 Å². The number of unbranched alkanes of at least 4 members (excludes halogenated alkanes) is 9. The molecule has 1 atom stereocenters. The Hall–Kier alpha value is -3.10. The topological polar surface area (TPSA) is 126 Å². The van der Waals surface area contributed by atoms with E-state index in [-0.39, 0.29) is 18.4 Å². The maximum Gasteiger partial charge on any atom is 0.337 e. The highest BCUT2D eigenvalue weighted by Crippen LogP contribution is 2.11. The standard InChI is InChI=1S/C28H46N4O5/c1-4-6-8-10-11-12-13-15-25(33)32-24(26(34)29-20-14-9-7-5-2)21-30-28(36)31-23-18-16-22(17-19-23)27(35)37-3/h16-19,24H,4-15,20-21H2,1-3H3,(H,29,34)(H,32,33)(H2,30,31,36)/t24-/m0/s1. The molecule has 9 nitrogen and oxygen atoms in total. The van der Waals surface area contributed by atoms with Gasteiger partial charge in [-0.1, -0.05) is 71.6 Å². The fraction of sp³-hybridized carbons (Fsp3) is 0.643. The van der Waals surface area contributed by atoms with Crippen molar-refractivity contribution in [2.45, 2.75) is 96.9 Å². The summed E-state index contributed by atoms with van der Waals surface area (Å²) in [4.78, 5) is 49.2. The van der Waals surface area contributed by atoms with Crippen LogP contribution in [-0.4, -0.2) is 50.1 Å². The first-order valence-corrected chi connectivity index (χ1v) is 13.7. The Bertz CT molecular complexity index is 813. The summed E-state index contributed by atoms with van der Waals surface area (Å²) < 4.78 is 4.66. The highest BCUT2D eigenvalue weighted by Gasteiger charge is 2.21. The van der Waals surface area contributed by atoms with E-state index in [1.807, 2.05) is 0 Å². The highest BCUT2D eigenvalue weighted by molar-refractivity contribution is 5.93. The Balaban J connectivity index is 2.56. The lowest BCUT2D eigenvalue weighted by Crippen LogP contribution is -2.53. The molecular weight excluding hydrogens is 472 g/mol. The number of benzene rings is 1. The number of hydrogen-bond acceptors (Lipinski definition) is 5. The van der Waals surface area contributed by atoms with Crippen LogP contribution in [0.4, 0.5) is 10.5 Å². The molecule has 0 bridgehead atoms. The van der Waals surface area contributed by atoms with Gasteiger partial charge in [-0.05, 0) is 37.1 Å². The number of carbonyl (C=O) groups is 4. The molecule has 0 aromatic heterocycles. The zero-order chi connectivity index (χ0) is 27.3. The molecule has 0 unspecified atom stereocenters. The molecular formula is C28H46N4O5. The van der Waals surface area contributed by atoms with E-state index < -0.39 is 18.0 Å². The Kier molecular flexibility index (Phi) is 17.3.